The molecule has 0 aromatic carbocycles. The van der Waals surface area contributed by atoms with E-state index < -0.39 is 0 Å². The number of hydrogen-bond donors (Lipinski definition) is 0. The second kappa shape index (κ2) is 7.60. The summed E-state index contributed by atoms with van der Waals surface area (Å²) < 4.78 is 0. The average Bonchev–Trinajstić information content (AvgIpc) is 2.17. The normalized spacial score (nSPS) is 14.8. The molecule has 0 aliphatic rings. The summed E-state index contributed by atoms with van der Waals surface area (Å²) in [5.41, 5.74) is 2.58. The largest absolute Gasteiger partial charge is 0.0871 e. The molecule has 0 heterocycles. The molecule has 0 nitrogen and oxygen atoms in total. The lowest BCUT2D eigenvalue weighted by Gasteiger charge is -2.01. The summed E-state index contributed by atoms with van der Waals surface area (Å²) in [6.45, 7) is 8.33. The Labute approximate surface area is 82.4 Å². The summed E-state index contributed by atoms with van der Waals surface area (Å²) in [4.78, 5) is 0. The van der Waals surface area contributed by atoms with Gasteiger partial charge in [-0.3, -0.25) is 0 Å². The third-order valence-electron chi connectivity index (χ3n) is 1.83. The SMILES string of the molecule is C\C=C/C(=C\C)C(/C=C\CC)=C/C. The molecule has 0 rings (SSSR count). The van der Waals surface area contributed by atoms with Crippen molar-refractivity contribution in [1.29, 1.82) is 0 Å². The summed E-state index contributed by atoms with van der Waals surface area (Å²) in [5.74, 6) is 0. The molecule has 0 aliphatic carbocycles. The molecule has 0 aliphatic heterocycles. The van der Waals surface area contributed by atoms with Crippen LogP contribution in [0.5, 0.6) is 0 Å². The lowest BCUT2D eigenvalue weighted by Crippen LogP contribution is -1.81. The Balaban J connectivity index is 4.67. The van der Waals surface area contributed by atoms with Crippen LogP contribution in [0.1, 0.15) is 34.1 Å². The molecule has 0 radical (unpaired) electrons. The monoisotopic (exact) mass is 176 g/mol. The van der Waals surface area contributed by atoms with Gasteiger partial charge in [0, 0.05) is 0 Å². The van der Waals surface area contributed by atoms with Crippen LogP contribution in [0.3, 0.4) is 0 Å². The molecule has 0 aromatic heterocycles. The van der Waals surface area contributed by atoms with Crippen molar-refractivity contribution in [1.82, 2.24) is 0 Å². The van der Waals surface area contributed by atoms with Crippen LogP contribution in [0.25, 0.3) is 0 Å². The van der Waals surface area contributed by atoms with Crippen LogP contribution >= 0.6 is 0 Å². The number of hydrogen-bond acceptors (Lipinski definition) is 0. The highest BCUT2D eigenvalue weighted by molar-refractivity contribution is 5.45. The lowest BCUT2D eigenvalue weighted by molar-refractivity contribution is 1.22. The molecule has 0 aromatic rings. The molecule has 0 heteroatoms. The Morgan fingerprint density at radius 3 is 1.85 bits per heavy atom. The standard InChI is InChI=1S/C13H20/c1-5-9-11-13(8-4)12(7-3)10-6-2/h6-11H,5H2,1-4H3/b10-6-,11-9-,12-7+,13-8+. The predicted octanol–water partition coefficient (Wildman–Crippen LogP) is 4.42. The van der Waals surface area contributed by atoms with Crippen molar-refractivity contribution in [3.63, 3.8) is 0 Å². The van der Waals surface area contributed by atoms with Gasteiger partial charge in [-0.1, -0.05) is 43.4 Å². The van der Waals surface area contributed by atoms with Crippen LogP contribution in [0, 0.1) is 0 Å². The fraction of sp³-hybridized carbons (Fsp3) is 0.385. The zero-order valence-corrected chi connectivity index (χ0v) is 9.17. The van der Waals surface area contributed by atoms with Gasteiger partial charge in [0.1, 0.15) is 0 Å². The molecule has 72 valence electrons. The number of rotatable bonds is 4. The van der Waals surface area contributed by atoms with Gasteiger partial charge in [0.15, 0.2) is 0 Å². The van der Waals surface area contributed by atoms with Crippen LogP contribution in [0.2, 0.25) is 0 Å². The van der Waals surface area contributed by atoms with Gasteiger partial charge >= 0.3 is 0 Å². The van der Waals surface area contributed by atoms with Crippen molar-refractivity contribution in [2.45, 2.75) is 34.1 Å². The molecule has 0 N–H and O–H groups in total. The maximum Gasteiger partial charge on any atom is -0.0233 e. The predicted molar refractivity (Wildman–Crippen MR) is 61.8 cm³/mol. The first-order valence-electron chi connectivity index (χ1n) is 4.92. The Bertz CT molecular complexity index is 237. The van der Waals surface area contributed by atoms with E-state index in [9.17, 15) is 0 Å². The molecule has 0 fully saturated rings. The molecular weight excluding hydrogens is 156 g/mol. The highest BCUT2D eigenvalue weighted by Crippen LogP contribution is 2.13. The molecule has 13 heavy (non-hydrogen) atoms. The maximum absolute atomic E-state index is 2.18. The van der Waals surface area contributed by atoms with Crippen LogP contribution in [-0.4, -0.2) is 0 Å². The van der Waals surface area contributed by atoms with Crippen molar-refractivity contribution in [3.05, 3.63) is 47.6 Å². The van der Waals surface area contributed by atoms with Gasteiger partial charge in [-0.25, -0.2) is 0 Å². The number of allylic oxidation sites excluding steroid dienone is 8. The average molecular weight is 176 g/mol. The van der Waals surface area contributed by atoms with Crippen molar-refractivity contribution in [3.8, 4) is 0 Å². The second-order valence-electron chi connectivity index (χ2n) is 2.80. The first kappa shape index (κ1) is 12.0. The molecule has 0 saturated carbocycles. The summed E-state index contributed by atoms with van der Waals surface area (Å²) in [5, 5.41) is 0. The Hall–Kier alpha value is -1.04. The van der Waals surface area contributed by atoms with E-state index in [1.165, 1.54) is 11.1 Å². The Kier molecular flexibility index (Phi) is 6.99. The molecule has 0 atom stereocenters. The van der Waals surface area contributed by atoms with Gasteiger partial charge in [-0.05, 0) is 38.3 Å². The van der Waals surface area contributed by atoms with Gasteiger partial charge in [0.05, 0.1) is 0 Å². The second-order valence-corrected chi connectivity index (χ2v) is 2.80. The quantitative estimate of drug-likeness (QED) is 0.556. The van der Waals surface area contributed by atoms with Crippen LogP contribution in [0.15, 0.2) is 47.6 Å². The first-order valence-corrected chi connectivity index (χ1v) is 4.92. The van der Waals surface area contributed by atoms with E-state index >= 15 is 0 Å². The zero-order valence-electron chi connectivity index (χ0n) is 9.17. The van der Waals surface area contributed by atoms with Crippen molar-refractivity contribution in [2.24, 2.45) is 0 Å². The van der Waals surface area contributed by atoms with E-state index in [0.29, 0.717) is 0 Å². The third kappa shape index (κ3) is 4.51. The minimum Gasteiger partial charge on any atom is -0.0871 e. The van der Waals surface area contributed by atoms with Gasteiger partial charge in [0.25, 0.3) is 0 Å². The highest BCUT2D eigenvalue weighted by Gasteiger charge is 1.93. The smallest absolute Gasteiger partial charge is 0.0233 e. The zero-order chi connectivity index (χ0) is 10.1. The van der Waals surface area contributed by atoms with E-state index in [-0.39, 0.29) is 0 Å². The summed E-state index contributed by atoms with van der Waals surface area (Å²) >= 11 is 0. The lowest BCUT2D eigenvalue weighted by atomic mass is 10.0. The minimum absolute atomic E-state index is 1.09. The highest BCUT2D eigenvalue weighted by atomic mass is 14.0. The summed E-state index contributed by atoms with van der Waals surface area (Å²) in [7, 11) is 0. The molecule has 0 bridgehead atoms. The maximum atomic E-state index is 2.18. The van der Waals surface area contributed by atoms with Gasteiger partial charge in [-0.2, -0.15) is 0 Å². The fourth-order valence-electron chi connectivity index (χ4n) is 1.14. The topological polar surface area (TPSA) is 0 Å². The van der Waals surface area contributed by atoms with E-state index in [1.54, 1.807) is 0 Å². The Morgan fingerprint density at radius 1 is 0.923 bits per heavy atom. The van der Waals surface area contributed by atoms with Crippen molar-refractivity contribution >= 4 is 0 Å². The molecular formula is C13H20. The van der Waals surface area contributed by atoms with Gasteiger partial charge in [0.2, 0.25) is 0 Å². The molecule has 0 saturated heterocycles. The van der Waals surface area contributed by atoms with Crippen LogP contribution in [0.4, 0.5) is 0 Å². The van der Waals surface area contributed by atoms with Crippen molar-refractivity contribution < 1.29 is 0 Å². The van der Waals surface area contributed by atoms with Crippen LogP contribution < -0.4 is 0 Å². The Morgan fingerprint density at radius 2 is 1.46 bits per heavy atom. The molecule has 0 unspecified atom stereocenters. The summed E-state index contributed by atoms with van der Waals surface area (Å²) in [6.07, 6.45) is 13.9. The van der Waals surface area contributed by atoms with Gasteiger partial charge < -0.3 is 0 Å². The fourth-order valence-corrected chi connectivity index (χ4v) is 1.14. The van der Waals surface area contributed by atoms with E-state index in [1.807, 2.05) is 6.92 Å². The summed E-state index contributed by atoms with van der Waals surface area (Å²) in [6, 6.07) is 0. The minimum atomic E-state index is 1.09. The van der Waals surface area contributed by atoms with Gasteiger partial charge in [-0.15, -0.1) is 0 Å². The third-order valence-corrected chi connectivity index (χ3v) is 1.83. The van der Waals surface area contributed by atoms with Crippen LogP contribution in [-0.2, 0) is 0 Å². The molecule has 0 amide bonds. The molecule has 0 spiro atoms. The van der Waals surface area contributed by atoms with E-state index in [2.05, 4.69) is 57.2 Å². The first-order chi connectivity index (χ1) is 6.29. The van der Waals surface area contributed by atoms with E-state index in [4.69, 9.17) is 0 Å². The van der Waals surface area contributed by atoms with E-state index in [0.717, 1.165) is 6.42 Å². The van der Waals surface area contributed by atoms with Crippen molar-refractivity contribution in [2.75, 3.05) is 0 Å².